The van der Waals surface area contributed by atoms with E-state index in [1.807, 2.05) is 19.2 Å². The van der Waals surface area contributed by atoms with Gasteiger partial charge in [0.25, 0.3) is 10.0 Å². The number of pyridine rings is 1. The molecule has 1 heterocycles. The highest BCUT2D eigenvalue weighted by Gasteiger charge is 2.15. The molecule has 3 aromatic rings. The molecule has 0 saturated carbocycles. The minimum absolute atomic E-state index is 0.219. The molecule has 0 radical (unpaired) electrons. The van der Waals surface area contributed by atoms with Gasteiger partial charge in [0.1, 0.15) is 0 Å². The van der Waals surface area contributed by atoms with E-state index in [0.29, 0.717) is 11.2 Å². The van der Waals surface area contributed by atoms with Gasteiger partial charge < -0.3 is 5.32 Å². The zero-order chi connectivity index (χ0) is 15.6. The SMILES string of the molecule is CNc1ccnc2c(NS(=O)(=O)c3ccccc3)cccc12. The third-order valence-corrected chi connectivity index (χ3v) is 4.72. The maximum Gasteiger partial charge on any atom is 0.261 e. The molecule has 22 heavy (non-hydrogen) atoms. The van der Waals surface area contributed by atoms with Gasteiger partial charge in [-0.3, -0.25) is 9.71 Å². The van der Waals surface area contributed by atoms with Crippen LogP contribution in [0.25, 0.3) is 10.9 Å². The number of aromatic nitrogens is 1. The van der Waals surface area contributed by atoms with E-state index >= 15 is 0 Å². The summed E-state index contributed by atoms with van der Waals surface area (Å²) in [7, 11) is -1.82. The molecule has 0 amide bonds. The van der Waals surface area contributed by atoms with Crippen molar-refractivity contribution in [2.45, 2.75) is 4.90 Å². The van der Waals surface area contributed by atoms with Crippen molar-refractivity contribution < 1.29 is 8.42 Å². The summed E-state index contributed by atoms with van der Waals surface area (Å²) in [6.07, 6.45) is 1.65. The quantitative estimate of drug-likeness (QED) is 0.776. The lowest BCUT2D eigenvalue weighted by Gasteiger charge is -2.12. The molecule has 0 bridgehead atoms. The molecular weight excluding hydrogens is 298 g/mol. The normalized spacial score (nSPS) is 11.3. The van der Waals surface area contributed by atoms with Gasteiger partial charge in [0.15, 0.2) is 0 Å². The van der Waals surface area contributed by atoms with Crippen LogP contribution in [0.2, 0.25) is 0 Å². The molecule has 2 N–H and O–H groups in total. The summed E-state index contributed by atoms with van der Waals surface area (Å²) in [6.45, 7) is 0. The highest BCUT2D eigenvalue weighted by Crippen LogP contribution is 2.28. The lowest BCUT2D eigenvalue weighted by atomic mass is 10.1. The summed E-state index contributed by atoms with van der Waals surface area (Å²) >= 11 is 0. The Kier molecular flexibility index (Phi) is 3.68. The van der Waals surface area contributed by atoms with Gasteiger partial charge in [-0.2, -0.15) is 0 Å². The topological polar surface area (TPSA) is 71.1 Å². The Morgan fingerprint density at radius 3 is 2.41 bits per heavy atom. The predicted octanol–water partition coefficient (Wildman–Crippen LogP) is 3.08. The van der Waals surface area contributed by atoms with Crippen LogP contribution in [0.1, 0.15) is 0 Å². The molecule has 0 spiro atoms. The molecule has 0 aliphatic rings. The number of nitrogens with one attached hydrogen (secondary N) is 2. The van der Waals surface area contributed by atoms with E-state index in [1.54, 1.807) is 48.7 Å². The monoisotopic (exact) mass is 313 g/mol. The van der Waals surface area contributed by atoms with Gasteiger partial charge in [0.2, 0.25) is 0 Å². The summed E-state index contributed by atoms with van der Waals surface area (Å²) in [6, 6.07) is 15.5. The lowest BCUT2D eigenvalue weighted by molar-refractivity contribution is 0.601. The number of benzene rings is 2. The van der Waals surface area contributed by atoms with Crippen molar-refractivity contribution in [3.05, 3.63) is 60.8 Å². The number of hydrogen-bond donors (Lipinski definition) is 2. The van der Waals surface area contributed by atoms with Crippen molar-refractivity contribution >= 4 is 32.3 Å². The van der Waals surface area contributed by atoms with E-state index in [1.165, 1.54) is 0 Å². The van der Waals surface area contributed by atoms with E-state index in [0.717, 1.165) is 11.1 Å². The largest absolute Gasteiger partial charge is 0.388 e. The summed E-state index contributed by atoms with van der Waals surface area (Å²) in [5, 5.41) is 3.93. The summed E-state index contributed by atoms with van der Waals surface area (Å²) in [5.41, 5.74) is 1.96. The number of sulfonamides is 1. The van der Waals surface area contributed by atoms with E-state index < -0.39 is 10.0 Å². The van der Waals surface area contributed by atoms with E-state index in [4.69, 9.17) is 0 Å². The molecule has 3 rings (SSSR count). The van der Waals surface area contributed by atoms with Crippen molar-refractivity contribution in [1.82, 2.24) is 4.98 Å². The number of nitrogens with zero attached hydrogens (tertiary/aromatic N) is 1. The highest BCUT2D eigenvalue weighted by molar-refractivity contribution is 7.92. The molecule has 6 heteroatoms. The molecule has 5 nitrogen and oxygen atoms in total. The third-order valence-electron chi connectivity index (χ3n) is 3.34. The minimum atomic E-state index is -3.63. The fourth-order valence-corrected chi connectivity index (χ4v) is 3.37. The zero-order valence-corrected chi connectivity index (χ0v) is 12.8. The van der Waals surface area contributed by atoms with Crippen LogP contribution in [-0.2, 0) is 10.0 Å². The second-order valence-electron chi connectivity index (χ2n) is 4.73. The Morgan fingerprint density at radius 2 is 1.68 bits per heavy atom. The van der Waals surface area contributed by atoms with Crippen LogP contribution in [0.4, 0.5) is 11.4 Å². The van der Waals surface area contributed by atoms with Gasteiger partial charge in [-0.1, -0.05) is 30.3 Å². The highest BCUT2D eigenvalue weighted by atomic mass is 32.2. The summed E-state index contributed by atoms with van der Waals surface area (Å²) in [5.74, 6) is 0. The molecule has 112 valence electrons. The van der Waals surface area contributed by atoms with Crippen LogP contribution in [0.3, 0.4) is 0 Å². The van der Waals surface area contributed by atoms with Crippen molar-refractivity contribution in [2.75, 3.05) is 17.1 Å². The average molecular weight is 313 g/mol. The molecule has 0 aliphatic heterocycles. The van der Waals surface area contributed by atoms with Crippen LogP contribution in [0, 0.1) is 0 Å². The number of rotatable bonds is 4. The molecule has 0 saturated heterocycles. The van der Waals surface area contributed by atoms with Crippen molar-refractivity contribution in [2.24, 2.45) is 0 Å². The Labute approximate surface area is 129 Å². The smallest absolute Gasteiger partial charge is 0.261 e. The van der Waals surface area contributed by atoms with Crippen LogP contribution in [0.5, 0.6) is 0 Å². The molecule has 0 fully saturated rings. The maximum absolute atomic E-state index is 12.4. The minimum Gasteiger partial charge on any atom is -0.388 e. The Hall–Kier alpha value is -2.60. The van der Waals surface area contributed by atoms with Gasteiger partial charge in [-0.25, -0.2) is 8.42 Å². The van der Waals surface area contributed by atoms with Gasteiger partial charge >= 0.3 is 0 Å². The standard InChI is InChI=1S/C16H15N3O2S/c1-17-14-10-11-18-16-13(14)8-5-9-15(16)19-22(20,21)12-6-3-2-4-7-12/h2-11,19H,1H3,(H,17,18). The van der Waals surface area contributed by atoms with Crippen molar-refractivity contribution in [1.29, 1.82) is 0 Å². The van der Waals surface area contributed by atoms with Crippen LogP contribution >= 0.6 is 0 Å². The first-order valence-electron chi connectivity index (χ1n) is 6.75. The lowest BCUT2D eigenvalue weighted by Crippen LogP contribution is -2.13. The molecule has 0 atom stereocenters. The predicted molar refractivity (Wildman–Crippen MR) is 88.5 cm³/mol. The molecular formula is C16H15N3O2S. The van der Waals surface area contributed by atoms with Crippen LogP contribution in [0.15, 0.2) is 65.7 Å². The molecule has 0 unspecified atom stereocenters. The molecule has 0 aliphatic carbocycles. The van der Waals surface area contributed by atoms with Crippen LogP contribution < -0.4 is 10.0 Å². The fourth-order valence-electron chi connectivity index (χ4n) is 2.28. The second kappa shape index (κ2) is 5.65. The van der Waals surface area contributed by atoms with Crippen molar-refractivity contribution in [3.8, 4) is 0 Å². The van der Waals surface area contributed by atoms with Gasteiger partial charge in [-0.15, -0.1) is 0 Å². The Bertz CT molecular complexity index is 909. The number of hydrogen-bond acceptors (Lipinski definition) is 4. The first-order valence-corrected chi connectivity index (χ1v) is 8.23. The average Bonchev–Trinajstić information content (AvgIpc) is 2.55. The number of para-hydroxylation sites is 1. The fraction of sp³-hybridized carbons (Fsp3) is 0.0625. The van der Waals surface area contributed by atoms with E-state index in [9.17, 15) is 8.42 Å². The van der Waals surface area contributed by atoms with Gasteiger partial charge in [-0.05, 0) is 24.3 Å². The molecule has 1 aromatic heterocycles. The van der Waals surface area contributed by atoms with Crippen molar-refractivity contribution in [3.63, 3.8) is 0 Å². The van der Waals surface area contributed by atoms with Gasteiger partial charge in [0.05, 0.1) is 16.1 Å². The first-order chi connectivity index (χ1) is 10.6. The second-order valence-corrected chi connectivity index (χ2v) is 6.41. The Morgan fingerprint density at radius 1 is 0.909 bits per heavy atom. The first kappa shape index (κ1) is 14.3. The third kappa shape index (κ3) is 2.60. The summed E-state index contributed by atoms with van der Waals surface area (Å²) < 4.78 is 27.5. The number of fused-ring (bicyclic) bond motifs is 1. The van der Waals surface area contributed by atoms with Gasteiger partial charge in [0, 0.05) is 24.3 Å². The van der Waals surface area contributed by atoms with E-state index in [-0.39, 0.29) is 4.90 Å². The zero-order valence-electron chi connectivity index (χ0n) is 11.9. The van der Waals surface area contributed by atoms with Crippen LogP contribution in [-0.4, -0.2) is 20.4 Å². The number of anilines is 2. The molecule has 2 aromatic carbocycles. The summed E-state index contributed by atoms with van der Waals surface area (Å²) in [4.78, 5) is 4.52. The van der Waals surface area contributed by atoms with E-state index in [2.05, 4.69) is 15.0 Å². The maximum atomic E-state index is 12.4. The Balaban J connectivity index is 2.09.